The largest absolute Gasteiger partial charge is 0.316 e. The fraction of sp³-hybridized carbons (Fsp3) is 1.00. The molecule has 1 aliphatic heterocycles. The minimum absolute atomic E-state index is 0.493. The Morgan fingerprint density at radius 1 is 1.67 bits per heavy atom. The maximum Gasteiger partial charge on any atom is 0.0851 e. The van der Waals surface area contributed by atoms with Gasteiger partial charge in [-0.05, 0) is 31.8 Å². The zero-order valence-electron chi connectivity index (χ0n) is 5.47. The first-order chi connectivity index (χ1) is 4.43. The number of hydrogen-bond acceptors (Lipinski definition) is 3. The molecule has 0 aliphatic carbocycles. The molecular weight excluding hydrogens is 116 g/mol. The van der Waals surface area contributed by atoms with Crippen LogP contribution in [0.3, 0.4) is 0 Å². The molecule has 0 amide bonds. The zero-order chi connectivity index (χ0) is 6.53. The highest BCUT2D eigenvalue weighted by Gasteiger charge is 2.11. The third kappa shape index (κ3) is 2.10. The SMILES string of the molecule is O=NCC1CCCNC1. The maximum atomic E-state index is 9.80. The molecule has 1 fully saturated rings. The lowest BCUT2D eigenvalue weighted by Gasteiger charge is -2.19. The number of nitrogens with zero attached hydrogens (tertiary/aromatic N) is 1. The molecule has 1 heterocycles. The molecule has 0 bridgehead atoms. The van der Waals surface area contributed by atoms with Crippen LogP contribution in [0, 0.1) is 10.8 Å². The van der Waals surface area contributed by atoms with E-state index < -0.39 is 0 Å². The fourth-order valence-corrected chi connectivity index (χ4v) is 1.19. The van der Waals surface area contributed by atoms with Gasteiger partial charge in [0.1, 0.15) is 0 Å². The van der Waals surface area contributed by atoms with Crippen LogP contribution in [0.1, 0.15) is 12.8 Å². The van der Waals surface area contributed by atoms with Gasteiger partial charge in [-0.1, -0.05) is 5.18 Å². The van der Waals surface area contributed by atoms with Crippen molar-refractivity contribution < 1.29 is 0 Å². The fourth-order valence-electron chi connectivity index (χ4n) is 1.19. The van der Waals surface area contributed by atoms with Crippen molar-refractivity contribution in [3.05, 3.63) is 4.91 Å². The van der Waals surface area contributed by atoms with Crippen LogP contribution in [0.25, 0.3) is 0 Å². The molecule has 9 heavy (non-hydrogen) atoms. The third-order valence-electron chi connectivity index (χ3n) is 1.73. The topological polar surface area (TPSA) is 41.5 Å². The van der Waals surface area contributed by atoms with Gasteiger partial charge in [0, 0.05) is 0 Å². The molecule has 1 rings (SSSR count). The van der Waals surface area contributed by atoms with E-state index in [0.29, 0.717) is 12.5 Å². The smallest absolute Gasteiger partial charge is 0.0851 e. The summed E-state index contributed by atoms with van der Waals surface area (Å²) >= 11 is 0. The number of piperidine rings is 1. The standard InChI is InChI=1S/C6H12N2O/c9-8-5-6-2-1-3-7-4-6/h6-7H,1-5H2. The van der Waals surface area contributed by atoms with Crippen molar-refractivity contribution in [1.82, 2.24) is 5.32 Å². The number of nitrogens with one attached hydrogen (secondary N) is 1. The second kappa shape index (κ2) is 3.56. The van der Waals surface area contributed by atoms with Crippen molar-refractivity contribution >= 4 is 0 Å². The Morgan fingerprint density at radius 3 is 3.11 bits per heavy atom. The summed E-state index contributed by atoms with van der Waals surface area (Å²) in [7, 11) is 0. The maximum absolute atomic E-state index is 9.80. The summed E-state index contributed by atoms with van der Waals surface area (Å²) in [5, 5.41) is 6.09. The highest BCUT2D eigenvalue weighted by Crippen LogP contribution is 2.09. The van der Waals surface area contributed by atoms with Gasteiger partial charge in [0.05, 0.1) is 6.54 Å². The van der Waals surface area contributed by atoms with Gasteiger partial charge in [0.15, 0.2) is 0 Å². The van der Waals surface area contributed by atoms with E-state index in [1.54, 1.807) is 0 Å². The van der Waals surface area contributed by atoms with Gasteiger partial charge < -0.3 is 5.32 Å². The lowest BCUT2D eigenvalue weighted by Crippen LogP contribution is -2.31. The van der Waals surface area contributed by atoms with Crippen molar-refractivity contribution in [2.24, 2.45) is 11.1 Å². The monoisotopic (exact) mass is 128 g/mol. The summed E-state index contributed by atoms with van der Waals surface area (Å²) in [4.78, 5) is 9.80. The Bertz CT molecular complexity index is 89.1. The van der Waals surface area contributed by atoms with E-state index in [1.165, 1.54) is 12.8 Å². The van der Waals surface area contributed by atoms with Crippen LogP contribution in [0.2, 0.25) is 0 Å². The minimum atomic E-state index is 0.493. The number of hydrogen-bond donors (Lipinski definition) is 1. The van der Waals surface area contributed by atoms with Crippen molar-refractivity contribution in [2.45, 2.75) is 12.8 Å². The summed E-state index contributed by atoms with van der Waals surface area (Å²) in [5.41, 5.74) is 0. The predicted molar refractivity (Wildman–Crippen MR) is 36.3 cm³/mol. The highest BCUT2D eigenvalue weighted by atomic mass is 16.3. The quantitative estimate of drug-likeness (QED) is 0.557. The summed E-state index contributed by atoms with van der Waals surface area (Å²) in [6, 6.07) is 0. The van der Waals surface area contributed by atoms with Gasteiger partial charge in [-0.3, -0.25) is 0 Å². The van der Waals surface area contributed by atoms with Gasteiger partial charge in [-0.2, -0.15) is 4.91 Å². The van der Waals surface area contributed by atoms with Gasteiger partial charge >= 0.3 is 0 Å². The third-order valence-corrected chi connectivity index (χ3v) is 1.73. The van der Waals surface area contributed by atoms with Gasteiger partial charge in [-0.25, -0.2) is 0 Å². The van der Waals surface area contributed by atoms with Crippen LogP contribution >= 0.6 is 0 Å². The molecule has 1 atom stereocenters. The second-order valence-electron chi connectivity index (χ2n) is 2.52. The van der Waals surface area contributed by atoms with E-state index in [-0.39, 0.29) is 0 Å². The molecule has 0 aromatic carbocycles. The van der Waals surface area contributed by atoms with Crippen molar-refractivity contribution in [2.75, 3.05) is 19.6 Å². The summed E-state index contributed by atoms with van der Waals surface area (Å²) in [6.07, 6.45) is 2.36. The molecule has 1 saturated heterocycles. The van der Waals surface area contributed by atoms with Crippen molar-refractivity contribution in [3.63, 3.8) is 0 Å². The molecule has 1 unspecified atom stereocenters. The van der Waals surface area contributed by atoms with Crippen LogP contribution in [-0.4, -0.2) is 19.6 Å². The number of rotatable bonds is 2. The molecule has 1 N–H and O–H groups in total. The Balaban J connectivity index is 2.15. The molecular formula is C6H12N2O. The molecule has 3 nitrogen and oxygen atoms in total. The van der Waals surface area contributed by atoms with Gasteiger partial charge in [0.25, 0.3) is 0 Å². The molecule has 0 radical (unpaired) electrons. The molecule has 0 saturated carbocycles. The lowest BCUT2D eigenvalue weighted by molar-refractivity contribution is 0.385. The van der Waals surface area contributed by atoms with Gasteiger partial charge in [-0.15, -0.1) is 0 Å². The van der Waals surface area contributed by atoms with E-state index >= 15 is 0 Å². The second-order valence-corrected chi connectivity index (χ2v) is 2.52. The Hall–Kier alpha value is -0.440. The van der Waals surface area contributed by atoms with Crippen LogP contribution in [-0.2, 0) is 0 Å². The molecule has 3 heteroatoms. The first-order valence-electron chi connectivity index (χ1n) is 3.43. The van der Waals surface area contributed by atoms with E-state index in [0.717, 1.165) is 13.1 Å². The summed E-state index contributed by atoms with van der Waals surface area (Å²) in [6.45, 7) is 2.58. The molecule has 52 valence electrons. The highest BCUT2D eigenvalue weighted by molar-refractivity contribution is 4.69. The van der Waals surface area contributed by atoms with E-state index in [4.69, 9.17) is 0 Å². The van der Waals surface area contributed by atoms with Crippen molar-refractivity contribution in [3.8, 4) is 0 Å². The number of nitroso groups, excluding NO2 is 1. The van der Waals surface area contributed by atoms with Crippen molar-refractivity contribution in [1.29, 1.82) is 0 Å². The summed E-state index contributed by atoms with van der Waals surface area (Å²) in [5.74, 6) is 0.510. The zero-order valence-corrected chi connectivity index (χ0v) is 5.47. The average molecular weight is 128 g/mol. The molecule has 1 aliphatic rings. The average Bonchev–Trinajstić information content (AvgIpc) is 1.91. The normalized spacial score (nSPS) is 27.8. The Labute approximate surface area is 54.8 Å². The first-order valence-corrected chi connectivity index (χ1v) is 3.43. The predicted octanol–water partition coefficient (Wildman–Crippen LogP) is 0.752. The van der Waals surface area contributed by atoms with Crippen LogP contribution < -0.4 is 5.32 Å². The van der Waals surface area contributed by atoms with E-state index in [1.807, 2.05) is 0 Å². The van der Waals surface area contributed by atoms with Crippen LogP contribution in [0.4, 0.5) is 0 Å². The van der Waals surface area contributed by atoms with Crippen LogP contribution in [0.15, 0.2) is 5.18 Å². The minimum Gasteiger partial charge on any atom is -0.316 e. The molecule has 0 spiro atoms. The Kier molecular flexibility index (Phi) is 2.64. The van der Waals surface area contributed by atoms with Gasteiger partial charge in [0.2, 0.25) is 0 Å². The molecule has 0 aromatic heterocycles. The summed E-state index contributed by atoms with van der Waals surface area (Å²) < 4.78 is 0. The van der Waals surface area contributed by atoms with Crippen LogP contribution in [0.5, 0.6) is 0 Å². The Morgan fingerprint density at radius 2 is 2.56 bits per heavy atom. The molecule has 0 aromatic rings. The first kappa shape index (κ1) is 6.68. The van der Waals surface area contributed by atoms with E-state index in [9.17, 15) is 4.91 Å². The van der Waals surface area contributed by atoms with E-state index in [2.05, 4.69) is 10.5 Å². The lowest BCUT2D eigenvalue weighted by atomic mass is 10.0.